The Kier molecular flexibility index (Phi) is 6.44. The summed E-state index contributed by atoms with van der Waals surface area (Å²) < 4.78 is 9.64. The summed E-state index contributed by atoms with van der Waals surface area (Å²) in [7, 11) is 1.61. The number of hydrogen-bond donors (Lipinski definition) is 1. The molecule has 1 aromatic carbocycles. The molecule has 1 aliphatic heterocycles. The van der Waals surface area contributed by atoms with Gasteiger partial charge in [-0.1, -0.05) is 12.1 Å². The van der Waals surface area contributed by atoms with Crippen LogP contribution >= 0.6 is 11.8 Å². The fraction of sp³-hybridized carbons (Fsp3) is 0.579. The molecule has 0 saturated carbocycles. The maximum Gasteiger partial charge on any atom is 0.410 e. The third kappa shape index (κ3) is 5.30. The van der Waals surface area contributed by atoms with E-state index in [1.807, 2.05) is 45.0 Å². The van der Waals surface area contributed by atoms with Gasteiger partial charge in [0.2, 0.25) is 0 Å². The number of hydrogen-bond acceptors (Lipinski definition) is 5. The molecule has 1 saturated heterocycles. The van der Waals surface area contributed by atoms with E-state index >= 15 is 0 Å². The Hall–Kier alpha value is -1.89. The number of amides is 1. The highest BCUT2D eigenvalue weighted by atomic mass is 32.2. The van der Waals surface area contributed by atoms with Gasteiger partial charge in [0.25, 0.3) is 0 Å². The average molecular weight is 381 g/mol. The van der Waals surface area contributed by atoms with Gasteiger partial charge in [0.05, 0.1) is 7.11 Å². The quantitative estimate of drug-likeness (QED) is 0.836. The van der Waals surface area contributed by atoms with E-state index in [9.17, 15) is 14.7 Å². The number of carboxylic acid groups (broad SMARTS) is 1. The van der Waals surface area contributed by atoms with Crippen molar-refractivity contribution in [2.24, 2.45) is 0 Å². The van der Waals surface area contributed by atoms with Crippen molar-refractivity contribution in [2.45, 2.75) is 49.7 Å². The number of carbonyl (C=O) groups is 2. The SMILES string of the molecule is COc1ccc(CSC2(C(=O)O)CCN(C(=O)OC(C)(C)C)CC2)cc1. The molecule has 144 valence electrons. The smallest absolute Gasteiger partial charge is 0.410 e. The predicted molar refractivity (Wildman–Crippen MR) is 102 cm³/mol. The molecule has 0 atom stereocenters. The first-order valence-corrected chi connectivity index (χ1v) is 9.62. The second kappa shape index (κ2) is 8.20. The number of aliphatic carboxylic acids is 1. The Bertz CT molecular complexity index is 630. The molecule has 2 rings (SSSR count). The van der Waals surface area contributed by atoms with E-state index in [1.165, 1.54) is 11.8 Å². The highest BCUT2D eigenvalue weighted by Gasteiger charge is 2.43. The lowest BCUT2D eigenvalue weighted by atomic mass is 9.96. The van der Waals surface area contributed by atoms with Crippen molar-refractivity contribution in [3.8, 4) is 5.75 Å². The highest BCUT2D eigenvalue weighted by molar-refractivity contribution is 8.00. The van der Waals surface area contributed by atoms with Gasteiger partial charge in [0.15, 0.2) is 0 Å². The van der Waals surface area contributed by atoms with Gasteiger partial charge in [-0.2, -0.15) is 0 Å². The van der Waals surface area contributed by atoms with Crippen molar-refractivity contribution >= 4 is 23.8 Å². The Labute approximate surface area is 158 Å². The molecule has 1 fully saturated rings. The number of likely N-dealkylation sites (tertiary alicyclic amines) is 1. The lowest BCUT2D eigenvalue weighted by Gasteiger charge is -2.38. The van der Waals surface area contributed by atoms with Crippen LogP contribution in [0, 0.1) is 0 Å². The van der Waals surface area contributed by atoms with Gasteiger partial charge in [0.1, 0.15) is 16.1 Å². The number of methoxy groups -OCH3 is 1. The van der Waals surface area contributed by atoms with E-state index < -0.39 is 16.3 Å². The van der Waals surface area contributed by atoms with Crippen LogP contribution in [0.3, 0.4) is 0 Å². The zero-order valence-electron chi connectivity index (χ0n) is 15.8. The molecule has 0 bridgehead atoms. The monoisotopic (exact) mass is 381 g/mol. The molecule has 26 heavy (non-hydrogen) atoms. The van der Waals surface area contributed by atoms with Crippen molar-refractivity contribution in [3.63, 3.8) is 0 Å². The van der Waals surface area contributed by atoms with E-state index in [0.29, 0.717) is 31.7 Å². The number of ether oxygens (including phenoxy) is 2. The molecular weight excluding hydrogens is 354 g/mol. The van der Waals surface area contributed by atoms with Gasteiger partial charge in [-0.05, 0) is 51.3 Å². The third-order valence-electron chi connectivity index (χ3n) is 4.29. The molecule has 1 N–H and O–H groups in total. The lowest BCUT2D eigenvalue weighted by molar-refractivity contribution is -0.141. The van der Waals surface area contributed by atoms with Crippen LogP contribution in [0.4, 0.5) is 4.79 Å². The second-order valence-electron chi connectivity index (χ2n) is 7.40. The van der Waals surface area contributed by atoms with Gasteiger partial charge >= 0.3 is 12.1 Å². The van der Waals surface area contributed by atoms with Crippen molar-refractivity contribution < 1.29 is 24.2 Å². The molecular formula is C19H27NO5S. The molecule has 0 aromatic heterocycles. The third-order valence-corrected chi connectivity index (χ3v) is 5.90. The summed E-state index contributed by atoms with van der Waals surface area (Å²) in [6.45, 7) is 6.23. The van der Waals surface area contributed by atoms with Gasteiger partial charge in [-0.3, -0.25) is 4.79 Å². The van der Waals surface area contributed by atoms with E-state index in [4.69, 9.17) is 9.47 Å². The van der Waals surface area contributed by atoms with Crippen LogP contribution in [0.25, 0.3) is 0 Å². The maximum atomic E-state index is 12.2. The maximum absolute atomic E-state index is 12.2. The van der Waals surface area contributed by atoms with E-state index in [0.717, 1.165) is 11.3 Å². The molecule has 1 aliphatic rings. The van der Waals surface area contributed by atoms with Crippen molar-refractivity contribution in [1.29, 1.82) is 0 Å². The molecule has 6 nitrogen and oxygen atoms in total. The van der Waals surface area contributed by atoms with Crippen LogP contribution in [0.1, 0.15) is 39.2 Å². The van der Waals surface area contributed by atoms with Gasteiger partial charge in [0, 0.05) is 18.8 Å². The summed E-state index contributed by atoms with van der Waals surface area (Å²) in [6, 6.07) is 7.62. The minimum atomic E-state index is -0.877. The molecule has 0 radical (unpaired) electrons. The Morgan fingerprint density at radius 3 is 2.23 bits per heavy atom. The van der Waals surface area contributed by atoms with E-state index in [1.54, 1.807) is 12.0 Å². The topological polar surface area (TPSA) is 76.1 Å². The first kappa shape index (κ1) is 20.4. The Morgan fingerprint density at radius 2 is 1.77 bits per heavy atom. The minimum Gasteiger partial charge on any atom is -0.497 e. The Morgan fingerprint density at radius 1 is 1.19 bits per heavy atom. The van der Waals surface area contributed by atoms with Crippen molar-refractivity contribution in [3.05, 3.63) is 29.8 Å². The number of nitrogens with zero attached hydrogens (tertiary/aromatic N) is 1. The van der Waals surface area contributed by atoms with Crippen LogP contribution in [-0.2, 0) is 15.3 Å². The number of benzene rings is 1. The standard InChI is InChI=1S/C19H27NO5S/c1-18(2,3)25-17(23)20-11-9-19(10-12-20,16(21)22)26-13-14-5-7-15(24-4)8-6-14/h5-8H,9-13H2,1-4H3,(H,21,22). The van der Waals surface area contributed by atoms with Gasteiger partial charge in [-0.25, -0.2) is 4.79 Å². The zero-order valence-corrected chi connectivity index (χ0v) is 16.6. The largest absolute Gasteiger partial charge is 0.497 e. The number of carbonyl (C=O) groups excluding carboxylic acids is 1. The molecule has 1 heterocycles. The second-order valence-corrected chi connectivity index (χ2v) is 8.76. The lowest BCUT2D eigenvalue weighted by Crippen LogP contribution is -2.50. The average Bonchev–Trinajstić information content (AvgIpc) is 2.59. The summed E-state index contributed by atoms with van der Waals surface area (Å²) in [5.74, 6) is 0.556. The summed E-state index contributed by atoms with van der Waals surface area (Å²) in [6.07, 6.45) is 0.432. The number of carboxylic acids is 1. The Balaban J connectivity index is 1.96. The van der Waals surface area contributed by atoms with Crippen molar-refractivity contribution in [1.82, 2.24) is 4.90 Å². The molecule has 0 spiro atoms. The normalized spacial score (nSPS) is 16.8. The fourth-order valence-electron chi connectivity index (χ4n) is 2.74. The van der Waals surface area contributed by atoms with Crippen LogP contribution in [0.15, 0.2) is 24.3 Å². The predicted octanol–water partition coefficient (Wildman–Crippen LogP) is 3.78. The van der Waals surface area contributed by atoms with Crippen LogP contribution < -0.4 is 4.74 Å². The van der Waals surface area contributed by atoms with E-state index in [2.05, 4.69) is 0 Å². The summed E-state index contributed by atoms with van der Waals surface area (Å²) in [5.41, 5.74) is 0.493. The first-order valence-electron chi connectivity index (χ1n) is 8.63. The number of rotatable bonds is 5. The highest BCUT2D eigenvalue weighted by Crippen LogP contribution is 2.39. The summed E-state index contributed by atoms with van der Waals surface area (Å²) >= 11 is 1.43. The van der Waals surface area contributed by atoms with Gasteiger partial charge < -0.3 is 19.5 Å². The van der Waals surface area contributed by atoms with E-state index in [-0.39, 0.29) is 6.09 Å². The number of piperidine rings is 1. The minimum absolute atomic E-state index is 0.378. The molecule has 1 amide bonds. The fourth-order valence-corrected chi connectivity index (χ4v) is 3.97. The van der Waals surface area contributed by atoms with Crippen LogP contribution in [0.5, 0.6) is 5.75 Å². The summed E-state index contributed by atoms with van der Waals surface area (Å²) in [5, 5.41) is 9.78. The first-order chi connectivity index (χ1) is 12.1. The van der Waals surface area contributed by atoms with Gasteiger partial charge in [-0.15, -0.1) is 11.8 Å². The molecule has 0 aliphatic carbocycles. The molecule has 0 unspecified atom stereocenters. The zero-order chi connectivity index (χ0) is 19.4. The molecule has 1 aromatic rings. The van der Waals surface area contributed by atoms with Crippen LogP contribution in [-0.4, -0.2) is 52.6 Å². The number of thioether (sulfide) groups is 1. The van der Waals surface area contributed by atoms with Crippen molar-refractivity contribution in [2.75, 3.05) is 20.2 Å². The summed E-state index contributed by atoms with van der Waals surface area (Å²) in [4.78, 5) is 25.7. The van der Waals surface area contributed by atoms with Crippen LogP contribution in [0.2, 0.25) is 0 Å². The molecule has 7 heteroatoms.